The van der Waals surface area contributed by atoms with Gasteiger partial charge in [0.2, 0.25) is 17.6 Å². The van der Waals surface area contributed by atoms with Crippen LogP contribution in [0.2, 0.25) is 5.02 Å². The van der Waals surface area contributed by atoms with Crippen LogP contribution < -0.4 is 10.1 Å². The molecule has 9 heteroatoms. The molecule has 1 N–H and O–H groups in total. The number of halogens is 2. The Morgan fingerprint density at radius 2 is 2.29 bits per heavy atom. The van der Waals surface area contributed by atoms with Gasteiger partial charge < -0.3 is 10.1 Å². The van der Waals surface area contributed by atoms with Crippen LogP contribution in [0.25, 0.3) is 0 Å². The fourth-order valence-corrected chi connectivity index (χ4v) is 1.62. The van der Waals surface area contributed by atoms with E-state index in [1.54, 1.807) is 0 Å². The number of nitrogens with zero attached hydrogens (tertiary/aromatic N) is 3. The summed E-state index contributed by atoms with van der Waals surface area (Å²) in [6.07, 6.45) is 1.30. The number of hydrogen-bond donors (Lipinski definition) is 1. The van der Waals surface area contributed by atoms with Crippen molar-refractivity contribution < 1.29 is 14.1 Å². The molecule has 0 unspecified atom stereocenters. The zero-order valence-corrected chi connectivity index (χ0v) is 11.6. The Hall–Kier alpha value is -2.48. The topological polar surface area (TPSA) is 90.2 Å². The van der Waals surface area contributed by atoms with Gasteiger partial charge in [0.1, 0.15) is 10.8 Å². The molecule has 0 fully saturated rings. The molecule has 0 amide bonds. The first-order chi connectivity index (χ1) is 10.0. The average molecular weight is 313 g/mol. The molecule has 2 rings (SSSR count). The van der Waals surface area contributed by atoms with Crippen molar-refractivity contribution in [3.63, 3.8) is 0 Å². The second-order valence-corrected chi connectivity index (χ2v) is 4.26. The Bertz CT molecular complexity index is 684. The summed E-state index contributed by atoms with van der Waals surface area (Å²) in [7, 11) is 0. The predicted molar refractivity (Wildman–Crippen MR) is 74.3 cm³/mol. The van der Waals surface area contributed by atoms with Gasteiger partial charge in [-0.2, -0.15) is 4.98 Å². The summed E-state index contributed by atoms with van der Waals surface area (Å²) in [6.45, 7) is 2.43. The Balaban J connectivity index is 2.38. The highest BCUT2D eigenvalue weighted by atomic mass is 35.5. The smallest absolute Gasteiger partial charge is 0.314 e. The van der Waals surface area contributed by atoms with E-state index in [0.29, 0.717) is 6.54 Å². The predicted octanol–water partition coefficient (Wildman–Crippen LogP) is 3.40. The Morgan fingerprint density at radius 3 is 2.95 bits per heavy atom. The lowest BCUT2D eigenvalue weighted by Gasteiger charge is -2.08. The molecule has 1 aromatic heterocycles. The molecule has 1 heterocycles. The van der Waals surface area contributed by atoms with E-state index in [9.17, 15) is 14.5 Å². The van der Waals surface area contributed by atoms with Gasteiger partial charge in [-0.3, -0.25) is 10.1 Å². The molecule has 1 aromatic carbocycles. The summed E-state index contributed by atoms with van der Waals surface area (Å²) < 4.78 is 18.4. The van der Waals surface area contributed by atoms with Crippen LogP contribution in [0.1, 0.15) is 6.92 Å². The molecule has 21 heavy (non-hydrogen) atoms. The molecule has 2 aromatic rings. The normalized spacial score (nSPS) is 10.2. The Kier molecular flexibility index (Phi) is 4.49. The molecule has 7 nitrogen and oxygen atoms in total. The molecular weight excluding hydrogens is 303 g/mol. The fourth-order valence-electron chi connectivity index (χ4n) is 1.49. The molecule has 0 radical (unpaired) electrons. The zero-order valence-electron chi connectivity index (χ0n) is 10.8. The third kappa shape index (κ3) is 3.54. The maximum absolute atomic E-state index is 13.1. The van der Waals surface area contributed by atoms with E-state index in [1.807, 2.05) is 6.92 Å². The van der Waals surface area contributed by atoms with Crippen molar-refractivity contribution in [1.29, 1.82) is 0 Å². The standard InChI is InChI=1S/C12H10ClFN4O3/c1-2-15-12-16-6-8(13)11(17-12)21-10-4-3-7(14)5-9(10)18(19)20/h3-6H,2H2,1H3,(H,15,16,17). The van der Waals surface area contributed by atoms with Crippen LogP contribution in [-0.2, 0) is 0 Å². The molecule has 0 spiro atoms. The zero-order chi connectivity index (χ0) is 15.4. The van der Waals surface area contributed by atoms with Crippen molar-refractivity contribution in [3.05, 3.63) is 45.4 Å². The highest BCUT2D eigenvalue weighted by Gasteiger charge is 2.19. The van der Waals surface area contributed by atoms with Crippen LogP contribution in [-0.4, -0.2) is 21.4 Å². The summed E-state index contributed by atoms with van der Waals surface area (Å²) in [5, 5.41) is 13.8. The number of aromatic nitrogens is 2. The minimum atomic E-state index is -0.751. The maximum Gasteiger partial charge on any atom is 0.314 e. The van der Waals surface area contributed by atoms with Gasteiger partial charge in [-0.05, 0) is 19.1 Å². The van der Waals surface area contributed by atoms with E-state index >= 15 is 0 Å². The molecule has 0 bridgehead atoms. The number of ether oxygens (including phenoxy) is 1. The first-order valence-electron chi connectivity index (χ1n) is 5.89. The first kappa shape index (κ1) is 14.9. The lowest BCUT2D eigenvalue weighted by molar-refractivity contribution is -0.385. The monoisotopic (exact) mass is 312 g/mol. The summed E-state index contributed by atoms with van der Waals surface area (Å²) >= 11 is 5.89. The first-order valence-corrected chi connectivity index (χ1v) is 6.27. The van der Waals surface area contributed by atoms with Crippen LogP contribution in [0.4, 0.5) is 16.0 Å². The highest BCUT2D eigenvalue weighted by Crippen LogP contribution is 2.34. The number of rotatable bonds is 5. The van der Waals surface area contributed by atoms with Crippen LogP contribution in [0.5, 0.6) is 11.6 Å². The number of anilines is 1. The van der Waals surface area contributed by atoms with Crippen LogP contribution in [0, 0.1) is 15.9 Å². The maximum atomic E-state index is 13.1. The quantitative estimate of drug-likeness (QED) is 0.672. The van der Waals surface area contributed by atoms with Crippen molar-refractivity contribution in [3.8, 4) is 11.6 Å². The van der Waals surface area contributed by atoms with Crippen molar-refractivity contribution in [1.82, 2.24) is 9.97 Å². The average Bonchev–Trinajstić information content (AvgIpc) is 2.44. The summed E-state index contributed by atoms with van der Waals surface area (Å²) in [5.74, 6) is -0.695. The lowest BCUT2D eigenvalue weighted by Crippen LogP contribution is -2.03. The third-order valence-electron chi connectivity index (χ3n) is 2.37. The minimum absolute atomic E-state index is 0.0580. The number of nitro groups is 1. The molecule has 0 saturated carbocycles. The van der Waals surface area contributed by atoms with Gasteiger partial charge in [0.25, 0.3) is 0 Å². The molecule has 0 aliphatic rings. The van der Waals surface area contributed by atoms with Crippen LogP contribution in [0.3, 0.4) is 0 Å². The van der Waals surface area contributed by atoms with Gasteiger partial charge in [0.15, 0.2) is 0 Å². The van der Waals surface area contributed by atoms with Gasteiger partial charge in [-0.15, -0.1) is 0 Å². The number of nitrogens with one attached hydrogen (secondary N) is 1. The number of nitro benzene ring substituents is 1. The Morgan fingerprint density at radius 1 is 1.52 bits per heavy atom. The van der Waals surface area contributed by atoms with Crippen molar-refractivity contribution in [2.75, 3.05) is 11.9 Å². The minimum Gasteiger partial charge on any atom is -0.430 e. The van der Waals surface area contributed by atoms with Crippen molar-refractivity contribution in [2.45, 2.75) is 6.92 Å². The Labute approximate surface area is 123 Å². The fraction of sp³-hybridized carbons (Fsp3) is 0.167. The van der Waals surface area contributed by atoms with E-state index in [0.717, 1.165) is 18.2 Å². The third-order valence-corrected chi connectivity index (χ3v) is 2.63. The van der Waals surface area contributed by atoms with E-state index in [1.165, 1.54) is 6.20 Å². The molecule has 0 aliphatic carbocycles. The molecule has 0 saturated heterocycles. The molecular formula is C12H10ClFN4O3. The summed E-state index contributed by atoms with van der Waals surface area (Å²) in [6, 6.07) is 2.94. The number of hydrogen-bond acceptors (Lipinski definition) is 6. The highest BCUT2D eigenvalue weighted by molar-refractivity contribution is 6.31. The van der Waals surface area contributed by atoms with E-state index in [2.05, 4.69) is 15.3 Å². The summed E-state index contributed by atoms with van der Waals surface area (Å²) in [5.41, 5.74) is -0.519. The van der Waals surface area contributed by atoms with E-state index < -0.39 is 16.4 Å². The second kappa shape index (κ2) is 6.31. The van der Waals surface area contributed by atoms with Gasteiger partial charge in [-0.1, -0.05) is 11.6 Å². The lowest BCUT2D eigenvalue weighted by atomic mass is 10.3. The van der Waals surface area contributed by atoms with Crippen LogP contribution in [0.15, 0.2) is 24.4 Å². The van der Waals surface area contributed by atoms with Gasteiger partial charge in [0, 0.05) is 6.54 Å². The van der Waals surface area contributed by atoms with Crippen LogP contribution >= 0.6 is 11.6 Å². The van der Waals surface area contributed by atoms with E-state index in [-0.39, 0.29) is 22.6 Å². The largest absolute Gasteiger partial charge is 0.430 e. The van der Waals surface area contributed by atoms with Crippen molar-refractivity contribution >= 4 is 23.2 Å². The molecule has 110 valence electrons. The SMILES string of the molecule is CCNc1ncc(Cl)c(Oc2ccc(F)cc2[N+](=O)[O-])n1. The number of benzene rings is 1. The van der Waals surface area contributed by atoms with E-state index in [4.69, 9.17) is 16.3 Å². The molecule has 0 atom stereocenters. The van der Waals surface area contributed by atoms with Gasteiger partial charge in [0.05, 0.1) is 17.2 Å². The second-order valence-electron chi connectivity index (χ2n) is 3.85. The van der Waals surface area contributed by atoms with Crippen molar-refractivity contribution in [2.24, 2.45) is 0 Å². The van der Waals surface area contributed by atoms with Gasteiger partial charge in [-0.25, -0.2) is 9.37 Å². The molecule has 0 aliphatic heterocycles. The summed E-state index contributed by atoms with van der Waals surface area (Å²) in [4.78, 5) is 18.0. The van der Waals surface area contributed by atoms with Gasteiger partial charge >= 0.3 is 5.69 Å².